The molecule has 1 aromatic heterocycles. The first-order valence-corrected chi connectivity index (χ1v) is 8.00. The number of piperazine rings is 1. The molecule has 1 fully saturated rings. The number of ether oxygens (including phenoxy) is 1. The van der Waals surface area contributed by atoms with E-state index in [4.69, 9.17) is 4.74 Å². The van der Waals surface area contributed by atoms with Crippen molar-refractivity contribution < 1.29 is 14.3 Å². The van der Waals surface area contributed by atoms with Crippen molar-refractivity contribution in [2.24, 2.45) is 0 Å². The average molecular weight is 328 g/mol. The Morgan fingerprint density at radius 3 is 2.33 bits per heavy atom. The third-order valence-corrected chi connectivity index (χ3v) is 3.98. The molecule has 1 aliphatic heterocycles. The van der Waals surface area contributed by atoms with Crippen LogP contribution in [-0.4, -0.2) is 64.4 Å². The Balaban J connectivity index is 1.60. The van der Waals surface area contributed by atoms with E-state index in [0.717, 1.165) is 5.69 Å². The average Bonchev–Trinajstić information content (AvgIpc) is 3.16. The second-order valence-electron chi connectivity index (χ2n) is 5.48. The quantitative estimate of drug-likeness (QED) is 0.861. The van der Waals surface area contributed by atoms with Crippen LogP contribution < -0.4 is 0 Å². The lowest BCUT2D eigenvalue weighted by Gasteiger charge is -2.34. The van der Waals surface area contributed by atoms with Gasteiger partial charge in [-0.3, -0.25) is 4.79 Å². The van der Waals surface area contributed by atoms with E-state index in [1.807, 2.05) is 24.4 Å². The van der Waals surface area contributed by atoms with E-state index in [-0.39, 0.29) is 12.0 Å². The lowest BCUT2D eigenvalue weighted by molar-refractivity contribution is 0.0570. The van der Waals surface area contributed by atoms with Crippen molar-refractivity contribution in [1.82, 2.24) is 19.6 Å². The molecule has 0 radical (unpaired) electrons. The summed E-state index contributed by atoms with van der Waals surface area (Å²) < 4.78 is 6.73. The summed E-state index contributed by atoms with van der Waals surface area (Å²) in [6.07, 6.45) is 3.25. The topological polar surface area (TPSA) is 67.7 Å². The number of carbonyl (C=O) groups is 2. The molecule has 24 heavy (non-hydrogen) atoms. The van der Waals surface area contributed by atoms with Crippen molar-refractivity contribution in [3.8, 4) is 5.69 Å². The zero-order valence-corrected chi connectivity index (χ0v) is 13.6. The SMILES string of the molecule is CCOC(=O)N1CCN(C(=O)c2ccc(-n3cccn3)cc2)CC1. The number of amides is 2. The molecular formula is C17H20N4O3. The number of hydrogen-bond donors (Lipinski definition) is 0. The lowest BCUT2D eigenvalue weighted by atomic mass is 10.1. The molecule has 3 rings (SSSR count). The molecule has 0 N–H and O–H groups in total. The fourth-order valence-electron chi connectivity index (χ4n) is 2.67. The standard InChI is InChI=1S/C17H20N4O3/c1-2-24-17(23)20-12-10-19(11-13-20)16(22)14-4-6-15(7-5-14)21-9-3-8-18-21/h3-9H,2,10-13H2,1H3. The summed E-state index contributed by atoms with van der Waals surface area (Å²) in [5, 5.41) is 4.16. The summed E-state index contributed by atoms with van der Waals surface area (Å²) in [7, 11) is 0. The van der Waals surface area contributed by atoms with Gasteiger partial charge in [0, 0.05) is 44.1 Å². The van der Waals surface area contributed by atoms with E-state index in [0.29, 0.717) is 38.3 Å². The number of carbonyl (C=O) groups excluding carboxylic acids is 2. The summed E-state index contributed by atoms with van der Waals surface area (Å²) >= 11 is 0. The highest BCUT2D eigenvalue weighted by Crippen LogP contribution is 2.13. The van der Waals surface area contributed by atoms with Crippen LogP contribution in [-0.2, 0) is 4.74 Å². The molecular weight excluding hydrogens is 308 g/mol. The van der Waals surface area contributed by atoms with Crippen LogP contribution in [0.15, 0.2) is 42.7 Å². The van der Waals surface area contributed by atoms with Crippen molar-refractivity contribution in [2.45, 2.75) is 6.92 Å². The Bertz CT molecular complexity index is 689. The molecule has 0 spiro atoms. The molecule has 0 bridgehead atoms. The van der Waals surface area contributed by atoms with Crippen molar-refractivity contribution in [1.29, 1.82) is 0 Å². The summed E-state index contributed by atoms with van der Waals surface area (Å²) in [6, 6.07) is 9.19. The minimum absolute atomic E-state index is 0.0227. The predicted octanol–water partition coefficient (Wildman–Crippen LogP) is 1.79. The van der Waals surface area contributed by atoms with Crippen LogP contribution in [0.1, 0.15) is 17.3 Å². The van der Waals surface area contributed by atoms with Crippen LogP contribution in [0.3, 0.4) is 0 Å². The maximum absolute atomic E-state index is 12.6. The monoisotopic (exact) mass is 328 g/mol. The summed E-state index contributed by atoms with van der Waals surface area (Å²) in [6.45, 7) is 4.16. The molecule has 0 aliphatic carbocycles. The Hall–Kier alpha value is -2.83. The third-order valence-electron chi connectivity index (χ3n) is 3.98. The number of nitrogens with zero attached hydrogens (tertiary/aromatic N) is 4. The number of aromatic nitrogens is 2. The molecule has 7 nitrogen and oxygen atoms in total. The summed E-state index contributed by atoms with van der Waals surface area (Å²) in [5.41, 5.74) is 1.54. The first-order valence-electron chi connectivity index (χ1n) is 8.00. The largest absolute Gasteiger partial charge is 0.450 e. The highest BCUT2D eigenvalue weighted by atomic mass is 16.6. The van der Waals surface area contributed by atoms with Gasteiger partial charge in [-0.1, -0.05) is 0 Å². The fourth-order valence-corrected chi connectivity index (χ4v) is 2.67. The second-order valence-corrected chi connectivity index (χ2v) is 5.48. The Kier molecular flexibility index (Phi) is 4.79. The molecule has 2 amide bonds. The number of rotatable bonds is 3. The highest BCUT2D eigenvalue weighted by Gasteiger charge is 2.25. The van der Waals surface area contributed by atoms with Crippen molar-refractivity contribution >= 4 is 12.0 Å². The van der Waals surface area contributed by atoms with Crippen LogP contribution >= 0.6 is 0 Å². The van der Waals surface area contributed by atoms with Gasteiger partial charge in [-0.05, 0) is 37.3 Å². The summed E-state index contributed by atoms with van der Waals surface area (Å²) in [5.74, 6) is -0.0227. The van der Waals surface area contributed by atoms with Gasteiger partial charge in [0.15, 0.2) is 0 Å². The molecule has 0 saturated carbocycles. The minimum atomic E-state index is -0.312. The summed E-state index contributed by atoms with van der Waals surface area (Å²) in [4.78, 5) is 27.7. The van der Waals surface area contributed by atoms with Gasteiger partial charge in [-0.15, -0.1) is 0 Å². The van der Waals surface area contributed by atoms with Gasteiger partial charge < -0.3 is 14.5 Å². The van der Waals surface area contributed by atoms with Crippen LogP contribution in [0.4, 0.5) is 4.79 Å². The van der Waals surface area contributed by atoms with E-state index in [2.05, 4.69) is 5.10 Å². The molecule has 1 aliphatic rings. The molecule has 2 aromatic rings. The Labute approximate surface area is 140 Å². The Morgan fingerprint density at radius 1 is 1.08 bits per heavy atom. The van der Waals surface area contributed by atoms with E-state index in [1.54, 1.807) is 39.7 Å². The van der Waals surface area contributed by atoms with E-state index in [9.17, 15) is 9.59 Å². The van der Waals surface area contributed by atoms with Crippen molar-refractivity contribution in [2.75, 3.05) is 32.8 Å². The lowest BCUT2D eigenvalue weighted by Crippen LogP contribution is -2.50. The molecule has 2 heterocycles. The normalized spacial score (nSPS) is 14.5. The predicted molar refractivity (Wildman–Crippen MR) is 88.1 cm³/mol. The first kappa shape index (κ1) is 16.0. The van der Waals surface area contributed by atoms with Gasteiger partial charge in [0.05, 0.1) is 12.3 Å². The van der Waals surface area contributed by atoms with Crippen LogP contribution in [0, 0.1) is 0 Å². The van der Waals surface area contributed by atoms with E-state index in [1.165, 1.54) is 0 Å². The molecule has 1 aromatic carbocycles. The number of hydrogen-bond acceptors (Lipinski definition) is 4. The molecule has 0 atom stereocenters. The van der Waals surface area contributed by atoms with Gasteiger partial charge >= 0.3 is 6.09 Å². The van der Waals surface area contributed by atoms with Gasteiger partial charge in [0.25, 0.3) is 5.91 Å². The molecule has 1 saturated heterocycles. The van der Waals surface area contributed by atoms with Gasteiger partial charge in [0.2, 0.25) is 0 Å². The van der Waals surface area contributed by atoms with Crippen LogP contribution in [0.5, 0.6) is 0 Å². The van der Waals surface area contributed by atoms with Crippen molar-refractivity contribution in [3.05, 3.63) is 48.3 Å². The van der Waals surface area contributed by atoms with Crippen LogP contribution in [0.25, 0.3) is 5.69 Å². The van der Waals surface area contributed by atoms with Gasteiger partial charge in [0.1, 0.15) is 0 Å². The number of benzene rings is 1. The van der Waals surface area contributed by atoms with Gasteiger partial charge in [-0.25, -0.2) is 9.48 Å². The second kappa shape index (κ2) is 7.16. The van der Waals surface area contributed by atoms with E-state index < -0.39 is 0 Å². The van der Waals surface area contributed by atoms with Crippen molar-refractivity contribution in [3.63, 3.8) is 0 Å². The smallest absolute Gasteiger partial charge is 0.409 e. The van der Waals surface area contributed by atoms with Crippen LogP contribution in [0.2, 0.25) is 0 Å². The maximum atomic E-state index is 12.6. The molecule has 126 valence electrons. The highest BCUT2D eigenvalue weighted by molar-refractivity contribution is 5.94. The zero-order valence-electron chi connectivity index (χ0n) is 13.6. The third kappa shape index (κ3) is 3.40. The van der Waals surface area contributed by atoms with E-state index >= 15 is 0 Å². The maximum Gasteiger partial charge on any atom is 0.409 e. The van der Waals surface area contributed by atoms with Gasteiger partial charge in [-0.2, -0.15) is 5.10 Å². The Morgan fingerprint density at radius 2 is 1.75 bits per heavy atom. The molecule has 7 heteroatoms. The minimum Gasteiger partial charge on any atom is -0.450 e. The zero-order chi connectivity index (χ0) is 16.9. The molecule has 0 unspecified atom stereocenters. The fraction of sp³-hybridized carbons (Fsp3) is 0.353. The first-order chi connectivity index (χ1) is 11.7.